The van der Waals surface area contributed by atoms with Crippen LogP contribution in [0.15, 0.2) is 12.0 Å². The first-order valence-electron chi connectivity index (χ1n) is 3.08. The molecule has 0 fully saturated rings. The number of carbonyl (C=O) groups is 1. The Morgan fingerprint density at radius 2 is 2.40 bits per heavy atom. The molecule has 0 spiro atoms. The molecule has 1 aliphatic rings. The number of carbonyl (C=O) groups excluding carboxylic acids is 1. The van der Waals surface area contributed by atoms with Gasteiger partial charge < -0.3 is 14.3 Å². The minimum Gasteiger partial charge on any atom is -0.462 e. The first-order valence-corrected chi connectivity index (χ1v) is 3.08. The van der Waals surface area contributed by atoms with Gasteiger partial charge in [0.2, 0.25) is 6.79 Å². The van der Waals surface area contributed by atoms with Crippen molar-refractivity contribution in [2.45, 2.75) is 13.8 Å². The highest BCUT2D eigenvalue weighted by Gasteiger charge is 2.27. The molecule has 0 atom stereocenters. The third-order valence-electron chi connectivity index (χ3n) is 1.40. The normalized spacial score (nSPS) is 17.2. The van der Waals surface area contributed by atoms with Crippen molar-refractivity contribution in [3.05, 3.63) is 12.0 Å². The fraction of sp³-hybridized carbons (Fsp3) is 0.571. The summed E-state index contributed by atoms with van der Waals surface area (Å²) in [5.74, 6) is 0.600. The lowest BCUT2D eigenvalue weighted by Gasteiger charge is -2.15. The molecule has 0 saturated heterocycles. The highest BCUT2D eigenvalue weighted by Crippen LogP contribution is 2.27. The number of hydrogen-bond donors (Lipinski definition) is 0. The fourth-order valence-electron chi connectivity index (χ4n) is 0.637. The number of rotatable bonds is 2. The topological polar surface area (TPSA) is 35.5 Å². The Bertz CT molecular complexity index is 170. The molecule has 0 bridgehead atoms. The van der Waals surface area contributed by atoms with Crippen LogP contribution < -0.4 is 0 Å². The van der Waals surface area contributed by atoms with Gasteiger partial charge in [-0.3, -0.25) is 0 Å². The quantitative estimate of drug-likeness (QED) is 0.541. The maximum atomic E-state index is 10.4. The van der Waals surface area contributed by atoms with Crippen LogP contribution in [0.5, 0.6) is 0 Å². The van der Waals surface area contributed by atoms with E-state index in [1.807, 2.05) is 0 Å². The van der Waals surface area contributed by atoms with E-state index in [1.165, 1.54) is 6.26 Å². The van der Waals surface area contributed by atoms with Gasteiger partial charge in [-0.15, -0.1) is 0 Å². The summed E-state index contributed by atoms with van der Waals surface area (Å²) in [6.07, 6.45) is 2.32. The molecular formula is C7H10O3. The molecule has 0 aromatic carbocycles. The second kappa shape index (κ2) is 2.33. The number of ether oxygens (including phenoxy) is 2. The van der Waals surface area contributed by atoms with Crippen molar-refractivity contribution in [3.63, 3.8) is 0 Å². The summed E-state index contributed by atoms with van der Waals surface area (Å²) in [6.45, 7) is 3.79. The van der Waals surface area contributed by atoms with Crippen LogP contribution >= 0.6 is 0 Å². The van der Waals surface area contributed by atoms with Crippen molar-refractivity contribution in [2.75, 3.05) is 6.79 Å². The summed E-state index contributed by atoms with van der Waals surface area (Å²) in [5, 5.41) is 0. The molecule has 1 aliphatic heterocycles. The minimum atomic E-state index is -0.545. The van der Waals surface area contributed by atoms with Crippen molar-refractivity contribution in [2.24, 2.45) is 5.41 Å². The second-order valence-corrected chi connectivity index (χ2v) is 2.75. The maximum Gasteiger partial charge on any atom is 0.229 e. The third kappa shape index (κ3) is 1.12. The van der Waals surface area contributed by atoms with Gasteiger partial charge in [-0.05, 0) is 13.8 Å². The molecule has 0 radical (unpaired) electrons. The SMILES string of the molecule is CC(C)(C=O)C1=COCO1. The van der Waals surface area contributed by atoms with Crippen molar-refractivity contribution in [1.29, 1.82) is 0 Å². The van der Waals surface area contributed by atoms with Gasteiger partial charge in [-0.1, -0.05) is 0 Å². The minimum absolute atomic E-state index is 0.229. The van der Waals surface area contributed by atoms with Crippen LogP contribution in [-0.4, -0.2) is 13.1 Å². The molecule has 0 aromatic heterocycles. The lowest BCUT2D eigenvalue weighted by molar-refractivity contribution is -0.114. The summed E-state index contributed by atoms with van der Waals surface area (Å²) in [4.78, 5) is 10.4. The van der Waals surface area contributed by atoms with Gasteiger partial charge in [-0.25, -0.2) is 0 Å². The maximum absolute atomic E-state index is 10.4. The van der Waals surface area contributed by atoms with E-state index < -0.39 is 5.41 Å². The molecule has 0 N–H and O–H groups in total. The Morgan fingerprint density at radius 3 is 2.80 bits per heavy atom. The van der Waals surface area contributed by atoms with Crippen LogP contribution in [0.25, 0.3) is 0 Å². The first kappa shape index (κ1) is 7.12. The van der Waals surface area contributed by atoms with Crippen LogP contribution in [0.1, 0.15) is 13.8 Å². The monoisotopic (exact) mass is 142 g/mol. The van der Waals surface area contributed by atoms with E-state index in [0.29, 0.717) is 5.76 Å². The molecular weight excluding hydrogens is 132 g/mol. The molecule has 56 valence electrons. The van der Waals surface area contributed by atoms with E-state index in [-0.39, 0.29) is 6.79 Å². The average molecular weight is 142 g/mol. The molecule has 10 heavy (non-hydrogen) atoms. The van der Waals surface area contributed by atoms with Crippen LogP contribution in [-0.2, 0) is 14.3 Å². The molecule has 3 heteroatoms. The van der Waals surface area contributed by atoms with Crippen LogP contribution in [0.2, 0.25) is 0 Å². The first-order chi connectivity index (χ1) is 4.67. The van der Waals surface area contributed by atoms with Gasteiger partial charge >= 0.3 is 0 Å². The van der Waals surface area contributed by atoms with Crippen LogP contribution in [0, 0.1) is 5.41 Å². The zero-order valence-corrected chi connectivity index (χ0v) is 6.09. The zero-order valence-electron chi connectivity index (χ0n) is 6.09. The summed E-state index contributed by atoms with van der Waals surface area (Å²) >= 11 is 0. The van der Waals surface area contributed by atoms with Crippen molar-refractivity contribution >= 4 is 6.29 Å². The van der Waals surface area contributed by atoms with Gasteiger partial charge in [0.15, 0.2) is 0 Å². The average Bonchev–Trinajstić information content (AvgIpc) is 2.38. The highest BCUT2D eigenvalue weighted by molar-refractivity contribution is 5.62. The van der Waals surface area contributed by atoms with Gasteiger partial charge in [0.05, 0.1) is 5.41 Å². The number of allylic oxidation sites excluding steroid dienone is 1. The standard InChI is InChI=1S/C7H10O3/c1-7(2,4-8)6-3-9-5-10-6/h3-4H,5H2,1-2H3. The Balaban J connectivity index is 2.71. The Labute approximate surface area is 59.6 Å². The van der Waals surface area contributed by atoms with Gasteiger partial charge in [0.25, 0.3) is 0 Å². The molecule has 1 heterocycles. The van der Waals surface area contributed by atoms with Crippen molar-refractivity contribution in [1.82, 2.24) is 0 Å². The summed E-state index contributed by atoms with van der Waals surface area (Å²) in [5.41, 5.74) is -0.545. The Hall–Kier alpha value is -0.990. The van der Waals surface area contributed by atoms with E-state index in [1.54, 1.807) is 13.8 Å². The van der Waals surface area contributed by atoms with Gasteiger partial charge in [0.1, 0.15) is 18.3 Å². The van der Waals surface area contributed by atoms with E-state index in [9.17, 15) is 4.79 Å². The van der Waals surface area contributed by atoms with E-state index in [2.05, 4.69) is 0 Å². The summed E-state index contributed by atoms with van der Waals surface area (Å²) in [7, 11) is 0. The predicted molar refractivity (Wildman–Crippen MR) is 35.0 cm³/mol. The van der Waals surface area contributed by atoms with Gasteiger partial charge in [-0.2, -0.15) is 0 Å². The number of aldehydes is 1. The molecule has 0 saturated carbocycles. The molecule has 0 unspecified atom stereocenters. The molecule has 0 aromatic rings. The molecule has 0 amide bonds. The van der Waals surface area contributed by atoms with Crippen LogP contribution in [0.4, 0.5) is 0 Å². The van der Waals surface area contributed by atoms with E-state index in [4.69, 9.17) is 9.47 Å². The molecule has 1 rings (SSSR count). The fourth-order valence-corrected chi connectivity index (χ4v) is 0.637. The second-order valence-electron chi connectivity index (χ2n) is 2.75. The molecule has 0 aliphatic carbocycles. The highest BCUT2D eigenvalue weighted by atomic mass is 16.7. The third-order valence-corrected chi connectivity index (χ3v) is 1.40. The Kier molecular flexibility index (Phi) is 1.66. The van der Waals surface area contributed by atoms with E-state index in [0.717, 1.165) is 6.29 Å². The Morgan fingerprint density at radius 1 is 1.70 bits per heavy atom. The van der Waals surface area contributed by atoms with Crippen LogP contribution in [0.3, 0.4) is 0 Å². The lowest BCUT2D eigenvalue weighted by Crippen LogP contribution is -2.16. The van der Waals surface area contributed by atoms with E-state index >= 15 is 0 Å². The zero-order chi connectivity index (χ0) is 7.61. The van der Waals surface area contributed by atoms with Crippen molar-refractivity contribution in [3.8, 4) is 0 Å². The largest absolute Gasteiger partial charge is 0.462 e. The molecule has 3 nitrogen and oxygen atoms in total. The lowest BCUT2D eigenvalue weighted by atomic mass is 9.94. The smallest absolute Gasteiger partial charge is 0.229 e. The summed E-state index contributed by atoms with van der Waals surface area (Å²) in [6, 6.07) is 0. The number of hydrogen-bond acceptors (Lipinski definition) is 3. The van der Waals surface area contributed by atoms with Gasteiger partial charge in [0, 0.05) is 0 Å². The van der Waals surface area contributed by atoms with Crippen molar-refractivity contribution < 1.29 is 14.3 Å². The summed E-state index contributed by atoms with van der Waals surface area (Å²) < 4.78 is 9.82. The predicted octanol–water partition coefficient (Wildman–Crippen LogP) is 1.06.